The van der Waals surface area contributed by atoms with Crippen LogP contribution in [-0.4, -0.2) is 10.9 Å². The Kier molecular flexibility index (Phi) is 3.90. The fourth-order valence-electron chi connectivity index (χ4n) is 1.49. The van der Waals surface area contributed by atoms with Crippen molar-refractivity contribution in [3.63, 3.8) is 0 Å². The number of nitrogens with one attached hydrogen (secondary N) is 1. The SMILES string of the molecule is Cc1cncc(C(=O)Nc2cc(F)c(Br)cc2F)c1. The Balaban J connectivity index is 2.27. The molecule has 1 aromatic carbocycles. The van der Waals surface area contributed by atoms with Gasteiger partial charge in [-0.25, -0.2) is 8.78 Å². The molecule has 0 aliphatic heterocycles. The molecule has 2 rings (SSSR count). The maximum Gasteiger partial charge on any atom is 0.257 e. The number of pyridine rings is 1. The second-order valence-electron chi connectivity index (χ2n) is 3.95. The third-order valence-corrected chi connectivity index (χ3v) is 3.00. The van der Waals surface area contributed by atoms with Gasteiger partial charge in [0.1, 0.15) is 11.6 Å². The number of amides is 1. The van der Waals surface area contributed by atoms with Crippen molar-refractivity contribution in [1.82, 2.24) is 4.98 Å². The molecule has 1 amide bonds. The molecule has 0 unspecified atom stereocenters. The molecule has 6 heteroatoms. The zero-order valence-electron chi connectivity index (χ0n) is 9.88. The normalized spacial score (nSPS) is 10.3. The van der Waals surface area contributed by atoms with Crippen LogP contribution in [0.25, 0.3) is 0 Å². The Hall–Kier alpha value is -1.82. The molecule has 98 valence electrons. The smallest absolute Gasteiger partial charge is 0.257 e. The van der Waals surface area contributed by atoms with Gasteiger partial charge >= 0.3 is 0 Å². The average Bonchev–Trinajstić information content (AvgIpc) is 2.36. The fourth-order valence-corrected chi connectivity index (χ4v) is 1.81. The summed E-state index contributed by atoms with van der Waals surface area (Å²) < 4.78 is 26.9. The molecule has 0 spiro atoms. The van der Waals surface area contributed by atoms with E-state index in [0.717, 1.165) is 17.7 Å². The molecule has 0 aliphatic rings. The number of halogens is 3. The number of benzene rings is 1. The van der Waals surface area contributed by atoms with Crippen molar-refractivity contribution in [1.29, 1.82) is 0 Å². The highest BCUT2D eigenvalue weighted by Crippen LogP contribution is 2.23. The van der Waals surface area contributed by atoms with Gasteiger partial charge in [-0.15, -0.1) is 0 Å². The van der Waals surface area contributed by atoms with E-state index in [1.165, 1.54) is 6.20 Å². The molecular weight excluding hydrogens is 318 g/mol. The quantitative estimate of drug-likeness (QED) is 0.855. The van der Waals surface area contributed by atoms with E-state index in [1.807, 2.05) is 0 Å². The van der Waals surface area contributed by atoms with Gasteiger partial charge in [-0.2, -0.15) is 0 Å². The lowest BCUT2D eigenvalue weighted by Gasteiger charge is -2.07. The molecule has 3 nitrogen and oxygen atoms in total. The van der Waals surface area contributed by atoms with Crippen LogP contribution < -0.4 is 5.32 Å². The van der Waals surface area contributed by atoms with Crippen LogP contribution in [0.2, 0.25) is 0 Å². The van der Waals surface area contributed by atoms with Gasteiger partial charge in [0.15, 0.2) is 0 Å². The number of anilines is 1. The van der Waals surface area contributed by atoms with E-state index in [0.29, 0.717) is 0 Å². The van der Waals surface area contributed by atoms with Gasteiger partial charge in [0, 0.05) is 18.5 Å². The third kappa shape index (κ3) is 3.14. The number of rotatable bonds is 2. The fraction of sp³-hybridized carbons (Fsp3) is 0.0769. The summed E-state index contributed by atoms with van der Waals surface area (Å²) in [5.41, 5.74) is 0.866. The lowest BCUT2D eigenvalue weighted by Crippen LogP contribution is -2.13. The molecule has 1 aromatic heterocycles. The van der Waals surface area contributed by atoms with E-state index in [2.05, 4.69) is 26.2 Å². The molecular formula is C13H9BrF2N2O. The highest BCUT2D eigenvalue weighted by Gasteiger charge is 2.12. The van der Waals surface area contributed by atoms with E-state index in [1.54, 1.807) is 19.2 Å². The highest BCUT2D eigenvalue weighted by molar-refractivity contribution is 9.10. The van der Waals surface area contributed by atoms with Crippen molar-refractivity contribution in [2.75, 3.05) is 5.32 Å². The Labute approximate surface area is 116 Å². The zero-order valence-corrected chi connectivity index (χ0v) is 11.5. The Morgan fingerprint density at radius 1 is 1.21 bits per heavy atom. The Morgan fingerprint density at radius 3 is 2.63 bits per heavy atom. The predicted molar refractivity (Wildman–Crippen MR) is 71.0 cm³/mol. The molecule has 0 atom stereocenters. The number of aromatic nitrogens is 1. The van der Waals surface area contributed by atoms with E-state index >= 15 is 0 Å². The summed E-state index contributed by atoms with van der Waals surface area (Å²) in [4.78, 5) is 15.7. The first-order valence-electron chi connectivity index (χ1n) is 5.35. The molecule has 0 aliphatic carbocycles. The number of aryl methyl sites for hydroxylation is 1. The second kappa shape index (κ2) is 5.44. The van der Waals surface area contributed by atoms with Crippen molar-refractivity contribution in [2.45, 2.75) is 6.92 Å². The lowest BCUT2D eigenvalue weighted by atomic mass is 10.2. The van der Waals surface area contributed by atoms with E-state index < -0.39 is 17.5 Å². The summed E-state index contributed by atoms with van der Waals surface area (Å²) in [5, 5.41) is 2.31. The van der Waals surface area contributed by atoms with E-state index in [9.17, 15) is 13.6 Å². The van der Waals surface area contributed by atoms with Crippen LogP contribution in [-0.2, 0) is 0 Å². The summed E-state index contributed by atoms with van der Waals surface area (Å²) in [6, 6.07) is 3.48. The van der Waals surface area contributed by atoms with Crippen LogP contribution >= 0.6 is 15.9 Å². The van der Waals surface area contributed by atoms with Gasteiger partial charge in [0.25, 0.3) is 5.91 Å². The first kappa shape index (κ1) is 13.6. The van der Waals surface area contributed by atoms with Gasteiger partial charge in [0.05, 0.1) is 15.7 Å². The van der Waals surface area contributed by atoms with Crippen molar-refractivity contribution in [2.24, 2.45) is 0 Å². The molecule has 0 radical (unpaired) electrons. The van der Waals surface area contributed by atoms with Crippen LogP contribution in [0.1, 0.15) is 15.9 Å². The molecule has 0 saturated heterocycles. The standard InChI is InChI=1S/C13H9BrF2N2O/c1-7-2-8(6-17-5-7)13(19)18-12-4-10(15)9(14)3-11(12)16/h2-6H,1H3,(H,18,19). The van der Waals surface area contributed by atoms with E-state index in [4.69, 9.17) is 0 Å². The largest absolute Gasteiger partial charge is 0.319 e. The van der Waals surface area contributed by atoms with Gasteiger partial charge in [-0.05, 0) is 40.5 Å². The van der Waals surface area contributed by atoms with Gasteiger partial charge in [-0.1, -0.05) is 0 Å². The average molecular weight is 327 g/mol. The third-order valence-electron chi connectivity index (χ3n) is 2.40. The minimum Gasteiger partial charge on any atom is -0.319 e. The van der Waals surface area contributed by atoms with E-state index in [-0.39, 0.29) is 15.7 Å². The van der Waals surface area contributed by atoms with Gasteiger partial charge in [0.2, 0.25) is 0 Å². The van der Waals surface area contributed by atoms with Gasteiger partial charge in [-0.3, -0.25) is 9.78 Å². The summed E-state index contributed by atoms with van der Waals surface area (Å²) >= 11 is 2.86. The monoisotopic (exact) mass is 326 g/mol. The van der Waals surface area contributed by atoms with Gasteiger partial charge < -0.3 is 5.32 Å². The number of carbonyl (C=O) groups excluding carboxylic acids is 1. The summed E-state index contributed by atoms with van der Waals surface area (Å²) in [5.74, 6) is -1.92. The van der Waals surface area contributed by atoms with Crippen LogP contribution in [0.15, 0.2) is 35.1 Å². The first-order chi connectivity index (χ1) is 8.97. The van der Waals surface area contributed by atoms with Crippen molar-refractivity contribution in [3.8, 4) is 0 Å². The summed E-state index contributed by atoms with van der Waals surface area (Å²) in [6.45, 7) is 1.78. The Morgan fingerprint density at radius 2 is 1.95 bits per heavy atom. The number of hydrogen-bond acceptors (Lipinski definition) is 2. The van der Waals surface area contributed by atoms with Crippen molar-refractivity contribution < 1.29 is 13.6 Å². The number of carbonyl (C=O) groups is 1. The molecule has 0 bridgehead atoms. The summed E-state index contributed by atoms with van der Waals surface area (Å²) in [6.07, 6.45) is 2.95. The predicted octanol–water partition coefficient (Wildman–Crippen LogP) is 3.68. The van der Waals surface area contributed by atoms with Crippen molar-refractivity contribution in [3.05, 3.63) is 57.8 Å². The molecule has 0 fully saturated rings. The highest BCUT2D eigenvalue weighted by atomic mass is 79.9. The minimum atomic E-state index is -0.720. The topological polar surface area (TPSA) is 42.0 Å². The maximum atomic E-state index is 13.6. The number of hydrogen-bond donors (Lipinski definition) is 1. The number of nitrogens with zero attached hydrogens (tertiary/aromatic N) is 1. The van der Waals surface area contributed by atoms with Crippen LogP contribution in [0, 0.1) is 18.6 Å². The Bertz CT molecular complexity index is 647. The molecule has 1 heterocycles. The van der Waals surface area contributed by atoms with Crippen LogP contribution in [0.5, 0.6) is 0 Å². The molecule has 0 saturated carbocycles. The lowest BCUT2D eigenvalue weighted by molar-refractivity contribution is 0.102. The van der Waals surface area contributed by atoms with Crippen LogP contribution in [0.4, 0.5) is 14.5 Å². The maximum absolute atomic E-state index is 13.6. The zero-order chi connectivity index (χ0) is 14.0. The first-order valence-corrected chi connectivity index (χ1v) is 6.14. The van der Waals surface area contributed by atoms with Crippen LogP contribution in [0.3, 0.4) is 0 Å². The molecule has 2 aromatic rings. The van der Waals surface area contributed by atoms with Crippen molar-refractivity contribution >= 4 is 27.5 Å². The second-order valence-corrected chi connectivity index (χ2v) is 4.81. The minimum absolute atomic E-state index is 0.000205. The summed E-state index contributed by atoms with van der Waals surface area (Å²) in [7, 11) is 0. The molecule has 1 N–H and O–H groups in total. The molecule has 19 heavy (non-hydrogen) atoms.